The van der Waals surface area contributed by atoms with Gasteiger partial charge in [-0.3, -0.25) is 28.8 Å². The van der Waals surface area contributed by atoms with Gasteiger partial charge in [-0.1, -0.05) is 45.0 Å². The summed E-state index contributed by atoms with van der Waals surface area (Å²) in [6.45, 7) is 42.4. The van der Waals surface area contributed by atoms with Crippen LogP contribution in [0.3, 0.4) is 0 Å². The maximum absolute atomic E-state index is 14.3. The van der Waals surface area contributed by atoms with Crippen molar-refractivity contribution in [3.63, 3.8) is 0 Å². The SMILES string of the molecule is CC(C)(C)OC(=O)CC[C@H](NC(=O)N[C@@H](CCCCNC(=O)[C@H](Cc1ccc(I)cc1)NC(=O)C1CCC(CNC(=O)OC(C)(C)C)CC1)C(=O)OC(C)(C)C)C(=O)OC(C)(C)C.CC(C)(C)OC(=O)NCC1CCC(C(=O)N[C@@H](Cc2ccc(I)cc2)C(=O)NCCCC[C@H](NC(=O)N(C(C)(C)C)[C@@](CCC(=O)O)(C(=O)O)C(C)(C)C)C(=O)OC(C)(C)C)CC1. The largest absolute Gasteiger partial charge is 0.481 e. The number of aliphatic carboxylic acids is 2. The Morgan fingerprint density at radius 1 is 0.397 bits per heavy atom. The Morgan fingerprint density at radius 3 is 1.04 bits per heavy atom. The van der Waals surface area contributed by atoms with Crippen LogP contribution in [0.1, 0.15) is 293 Å². The van der Waals surface area contributed by atoms with Crippen LogP contribution >= 0.6 is 45.2 Å². The molecule has 11 N–H and O–H groups in total. The van der Waals surface area contributed by atoms with Gasteiger partial charge in [-0.25, -0.2) is 38.4 Å². The number of hydrogen-bond donors (Lipinski definition) is 11. The molecule has 712 valence electrons. The topological polar surface area (TPSA) is 446 Å². The van der Waals surface area contributed by atoms with E-state index in [1.807, 2.05) is 69.3 Å². The average molecular weight is 2000 g/mol. The average Bonchev–Trinajstić information content (AvgIpc) is 0.734. The van der Waals surface area contributed by atoms with Gasteiger partial charge in [0.15, 0.2) is 0 Å². The maximum atomic E-state index is 14.3. The fourth-order valence-electron chi connectivity index (χ4n) is 14.4. The minimum absolute atomic E-state index is 0.0814. The first-order valence-electron chi connectivity index (χ1n) is 44.0. The van der Waals surface area contributed by atoms with Gasteiger partial charge in [-0.15, -0.1) is 0 Å². The van der Waals surface area contributed by atoms with E-state index in [-0.39, 0.29) is 105 Å². The third-order valence-electron chi connectivity index (χ3n) is 20.3. The zero-order valence-electron chi connectivity index (χ0n) is 79.0. The molecule has 6 atom stereocenters. The number of carbonyl (C=O) groups is 14. The van der Waals surface area contributed by atoms with Gasteiger partial charge in [0.25, 0.3) is 0 Å². The molecule has 0 radical (unpaired) electrons. The minimum Gasteiger partial charge on any atom is -0.481 e. The third kappa shape index (κ3) is 44.1. The molecular weight excluding hydrogens is 1850 g/mol. The highest BCUT2D eigenvalue weighted by Crippen LogP contribution is 2.44. The highest BCUT2D eigenvalue weighted by Gasteiger charge is 2.58. The van der Waals surface area contributed by atoms with Gasteiger partial charge < -0.3 is 91.4 Å². The van der Waals surface area contributed by atoms with E-state index in [0.29, 0.717) is 64.5 Å². The lowest BCUT2D eigenvalue weighted by Crippen LogP contribution is -2.71. The second-order valence-corrected chi connectivity index (χ2v) is 43.3. The van der Waals surface area contributed by atoms with Gasteiger partial charge in [-0.05, 0) is 346 Å². The van der Waals surface area contributed by atoms with Crippen molar-refractivity contribution in [1.29, 1.82) is 0 Å². The van der Waals surface area contributed by atoms with E-state index in [2.05, 4.69) is 93.0 Å². The van der Waals surface area contributed by atoms with Crippen LogP contribution in [0.2, 0.25) is 0 Å². The van der Waals surface area contributed by atoms with Gasteiger partial charge in [0.05, 0.1) is 0 Å². The number of amides is 10. The van der Waals surface area contributed by atoms with Crippen molar-refractivity contribution < 1.29 is 106 Å². The molecule has 2 aliphatic rings. The maximum Gasteiger partial charge on any atom is 0.407 e. The van der Waals surface area contributed by atoms with Crippen LogP contribution in [0.15, 0.2) is 48.5 Å². The number of halogens is 2. The number of urea groups is 2. The quantitative estimate of drug-likeness (QED) is 0.0129. The number of carboxylic acid groups (broad SMARTS) is 2. The van der Waals surface area contributed by atoms with Crippen LogP contribution in [-0.4, -0.2) is 200 Å². The number of ether oxygens (including phenoxy) is 6. The molecule has 32 nitrogen and oxygen atoms in total. The third-order valence-corrected chi connectivity index (χ3v) is 21.7. The standard InChI is InChI=1S/2C46H74IN5O11/c1-42(2,3)46(39(58)59,25-24-35(53)54)52(43(4,5)6)40(60)51-33(38(57)62-44(7,8)9)15-13-14-26-48-37(56)34(27-29-18-22-32(47)23-19-29)50-36(55)31-20-16-30(17-21-31)28-49-41(61)63-45(10,11)12;1-43(2,3)60-36(53)25-24-34(40(57)62-45(7,8)9)52-41(58)51-33(39(56)61-44(4,5)6)15-13-14-26-48-38(55)35(27-29-18-22-32(47)23-19-29)50-37(54)31-20-16-30(17-21-31)28-49-42(59)63-46(10,11)12/h18-19,22-23,30-31,33-34H,13-17,20-21,24-28H2,1-12H3,(H,48,56)(H,49,61)(H,50,55)(H,51,60)(H,53,54)(H,58,59);18-19,22-23,30-31,33-35H,13-17,20-21,24-28H2,1-12H3,(H,48,55)(H,49,59)(H,50,54)(H2,51,52,58)/t30?,31?,33-,34-,46-;30?,31?,33-,34-,35-/m00/s1. The molecular formula is C92H148I2N10O22. The molecule has 10 amide bonds. The Labute approximate surface area is 773 Å². The van der Waals surface area contributed by atoms with Crippen molar-refractivity contribution in [2.45, 2.75) is 369 Å². The van der Waals surface area contributed by atoms with E-state index in [1.54, 1.807) is 145 Å². The molecule has 0 heterocycles. The number of rotatable bonds is 38. The van der Waals surface area contributed by atoms with Gasteiger partial charge in [0.1, 0.15) is 69.4 Å². The van der Waals surface area contributed by atoms with E-state index < -0.39 is 147 Å². The van der Waals surface area contributed by atoms with E-state index >= 15 is 0 Å². The van der Waals surface area contributed by atoms with Crippen molar-refractivity contribution in [3.05, 3.63) is 66.8 Å². The number of hydrogen-bond acceptors (Lipinski definition) is 20. The van der Waals surface area contributed by atoms with Gasteiger partial charge >= 0.3 is 60.1 Å². The molecule has 126 heavy (non-hydrogen) atoms. The predicted molar refractivity (Wildman–Crippen MR) is 495 cm³/mol. The van der Waals surface area contributed by atoms with Crippen molar-refractivity contribution in [3.8, 4) is 0 Å². The Bertz CT molecular complexity index is 3920. The fraction of sp³-hybridized carbons (Fsp3) is 0.717. The number of alkyl carbamates (subject to hydrolysis) is 2. The Morgan fingerprint density at radius 2 is 0.730 bits per heavy atom. The molecule has 34 heteroatoms. The molecule has 2 aliphatic carbocycles. The van der Waals surface area contributed by atoms with Crippen LogP contribution < -0.4 is 47.9 Å². The molecule has 2 aromatic rings. The van der Waals surface area contributed by atoms with E-state index in [4.69, 9.17) is 28.4 Å². The highest BCUT2D eigenvalue weighted by molar-refractivity contribution is 14.1. The lowest BCUT2D eigenvalue weighted by atomic mass is 9.68. The monoisotopic (exact) mass is 2000 g/mol. The molecule has 2 aromatic carbocycles. The normalized spacial score (nSPS) is 17.5. The molecule has 2 saturated carbocycles. The molecule has 0 spiro atoms. The number of esters is 4. The molecule has 0 bridgehead atoms. The van der Waals surface area contributed by atoms with Crippen molar-refractivity contribution in [1.82, 2.24) is 52.8 Å². The smallest absolute Gasteiger partial charge is 0.407 e. The summed E-state index contributed by atoms with van der Waals surface area (Å²) >= 11 is 4.41. The zero-order chi connectivity index (χ0) is 95.9. The second kappa shape index (κ2) is 50.0. The minimum atomic E-state index is -1.99. The highest BCUT2D eigenvalue weighted by atomic mass is 127. The van der Waals surface area contributed by atoms with Gasteiger partial charge in [0.2, 0.25) is 23.6 Å². The number of carboxylic acids is 2. The lowest BCUT2D eigenvalue weighted by Gasteiger charge is -2.54. The molecule has 0 unspecified atom stereocenters. The summed E-state index contributed by atoms with van der Waals surface area (Å²) < 4.78 is 34.9. The lowest BCUT2D eigenvalue weighted by molar-refractivity contribution is -0.165. The fourth-order valence-corrected chi connectivity index (χ4v) is 15.2. The van der Waals surface area contributed by atoms with Crippen LogP contribution in [0.5, 0.6) is 0 Å². The summed E-state index contributed by atoms with van der Waals surface area (Å²) in [7, 11) is 0. The van der Waals surface area contributed by atoms with E-state index in [0.717, 1.165) is 48.9 Å². The molecule has 0 aliphatic heterocycles. The summed E-state index contributed by atoms with van der Waals surface area (Å²) in [5, 5.41) is 45.8. The van der Waals surface area contributed by atoms with Crippen LogP contribution in [-0.2, 0) is 89.2 Å². The first kappa shape index (κ1) is 112. The van der Waals surface area contributed by atoms with Crippen LogP contribution in [0.25, 0.3) is 0 Å². The molecule has 0 saturated heterocycles. The summed E-state index contributed by atoms with van der Waals surface area (Å²) in [4.78, 5) is 185. The van der Waals surface area contributed by atoms with Crippen molar-refractivity contribution in [2.24, 2.45) is 29.1 Å². The molecule has 4 rings (SSSR count). The molecule has 0 aromatic heterocycles. The number of benzene rings is 2. The van der Waals surface area contributed by atoms with Crippen LogP contribution in [0, 0.1) is 36.2 Å². The van der Waals surface area contributed by atoms with E-state index in [1.165, 1.54) is 0 Å². The second-order valence-electron chi connectivity index (χ2n) is 40.8. The summed E-state index contributed by atoms with van der Waals surface area (Å²) in [5.41, 5.74) is -7.08. The van der Waals surface area contributed by atoms with E-state index in [9.17, 15) is 77.3 Å². The number of unbranched alkanes of at least 4 members (excludes halogenated alkanes) is 2. The summed E-state index contributed by atoms with van der Waals surface area (Å²) in [6.07, 6.45) is 5.66. The van der Waals surface area contributed by atoms with Crippen molar-refractivity contribution >= 4 is 129 Å². The predicted octanol–water partition coefficient (Wildman–Crippen LogP) is 14.0. The Kier molecular flexibility index (Phi) is 44.4. The van der Waals surface area contributed by atoms with Crippen LogP contribution in [0.4, 0.5) is 19.2 Å². The van der Waals surface area contributed by atoms with Gasteiger partial charge in [-0.2, -0.15) is 0 Å². The van der Waals surface area contributed by atoms with Gasteiger partial charge in [0, 0.05) is 76.4 Å². The number of carbonyl (C=O) groups excluding carboxylic acids is 12. The first-order valence-corrected chi connectivity index (χ1v) is 46.1. The Balaban J connectivity index is 0.000000650. The summed E-state index contributed by atoms with van der Waals surface area (Å²) in [5.74, 6) is -6.56. The Hall–Kier alpha value is -8.32. The molecule has 2 fully saturated rings. The number of nitrogens with one attached hydrogen (secondary N) is 9. The first-order chi connectivity index (χ1) is 57.8. The van der Waals surface area contributed by atoms with Crippen molar-refractivity contribution in [2.75, 3.05) is 26.2 Å². The zero-order valence-corrected chi connectivity index (χ0v) is 83.4. The number of nitrogens with zero attached hydrogens (tertiary/aromatic N) is 1. The summed E-state index contributed by atoms with van der Waals surface area (Å²) in [6, 6.07) is 8.48.